The quantitative estimate of drug-likeness (QED) is 0.852. The molecule has 1 aromatic rings. The molecule has 2 heterocycles. The second-order valence-electron chi connectivity index (χ2n) is 5.61. The summed E-state index contributed by atoms with van der Waals surface area (Å²) in [6.07, 6.45) is 0.788. The third kappa shape index (κ3) is 3.16. The molecule has 3 rings (SSSR count). The topological polar surface area (TPSA) is 75.4 Å². The number of nitrogens with zero attached hydrogens (tertiary/aromatic N) is 1. The van der Waals surface area contributed by atoms with Gasteiger partial charge in [-0.3, -0.25) is 4.31 Å². The van der Waals surface area contributed by atoms with Crippen molar-refractivity contribution in [3.63, 3.8) is 0 Å². The van der Waals surface area contributed by atoms with Crippen molar-refractivity contribution in [1.29, 1.82) is 0 Å². The SMILES string of the molecule is NCCC1=C2NC=CC=C2N(S(=O)(=O)c2cccc(C(F)(F)F)c2)C1. The molecule has 2 aliphatic rings. The van der Waals surface area contributed by atoms with Crippen molar-refractivity contribution in [2.45, 2.75) is 17.5 Å². The average Bonchev–Trinajstić information content (AvgIpc) is 2.94. The number of fused-ring (bicyclic) bond motifs is 1. The van der Waals surface area contributed by atoms with Crippen LogP contribution in [0.5, 0.6) is 0 Å². The van der Waals surface area contributed by atoms with Crippen LogP contribution < -0.4 is 11.1 Å². The number of benzene rings is 1. The molecule has 0 bridgehead atoms. The zero-order chi connectivity index (χ0) is 18.2. The summed E-state index contributed by atoms with van der Waals surface area (Å²) in [6.45, 7) is 0.403. The molecular formula is C16H16F3N3O2S. The number of hydrogen-bond donors (Lipinski definition) is 2. The molecule has 0 saturated heterocycles. The van der Waals surface area contributed by atoms with Crippen LogP contribution in [-0.2, 0) is 16.2 Å². The van der Waals surface area contributed by atoms with Crippen molar-refractivity contribution in [3.05, 3.63) is 65.1 Å². The number of nitrogens with two attached hydrogens (primary N) is 1. The lowest BCUT2D eigenvalue weighted by atomic mass is 10.1. The maximum atomic E-state index is 12.9. The van der Waals surface area contributed by atoms with Gasteiger partial charge >= 0.3 is 6.18 Å². The van der Waals surface area contributed by atoms with E-state index in [0.717, 1.165) is 28.1 Å². The molecule has 5 nitrogen and oxygen atoms in total. The lowest BCUT2D eigenvalue weighted by Gasteiger charge is -2.23. The Morgan fingerprint density at radius 1 is 1.28 bits per heavy atom. The minimum atomic E-state index is -4.61. The van der Waals surface area contributed by atoms with Crippen LogP contribution in [0.25, 0.3) is 0 Å². The zero-order valence-corrected chi connectivity index (χ0v) is 13.9. The number of nitrogens with one attached hydrogen (secondary N) is 1. The number of halogens is 3. The molecule has 0 aromatic heterocycles. The first-order chi connectivity index (χ1) is 11.7. The lowest BCUT2D eigenvalue weighted by Crippen LogP contribution is -2.30. The molecule has 2 aliphatic heterocycles. The molecule has 0 fully saturated rings. The van der Waals surface area contributed by atoms with Crippen molar-refractivity contribution in [1.82, 2.24) is 9.62 Å². The number of allylic oxidation sites excluding steroid dienone is 2. The van der Waals surface area contributed by atoms with Gasteiger partial charge in [0.15, 0.2) is 0 Å². The molecule has 0 amide bonds. The fourth-order valence-corrected chi connectivity index (χ4v) is 4.33. The van der Waals surface area contributed by atoms with Gasteiger partial charge in [-0.25, -0.2) is 8.42 Å². The first-order valence-electron chi connectivity index (χ1n) is 7.51. The molecule has 25 heavy (non-hydrogen) atoms. The van der Waals surface area contributed by atoms with E-state index >= 15 is 0 Å². The van der Waals surface area contributed by atoms with Gasteiger partial charge in [-0.05, 0) is 48.9 Å². The molecule has 3 N–H and O–H groups in total. The normalized spacial score (nSPS) is 17.4. The summed E-state index contributed by atoms with van der Waals surface area (Å²) in [4.78, 5) is -0.397. The van der Waals surface area contributed by atoms with Crippen molar-refractivity contribution in [2.24, 2.45) is 5.73 Å². The molecule has 9 heteroatoms. The van der Waals surface area contributed by atoms with E-state index in [1.54, 1.807) is 18.4 Å². The molecule has 0 unspecified atom stereocenters. The Labute approximate surface area is 143 Å². The molecule has 134 valence electrons. The van der Waals surface area contributed by atoms with Gasteiger partial charge in [0.2, 0.25) is 0 Å². The Morgan fingerprint density at radius 2 is 2.04 bits per heavy atom. The molecule has 0 aliphatic carbocycles. The highest BCUT2D eigenvalue weighted by Gasteiger charge is 2.37. The minimum absolute atomic E-state index is 0.0611. The Kier molecular flexibility index (Phi) is 4.38. The van der Waals surface area contributed by atoms with Gasteiger partial charge in [-0.2, -0.15) is 13.2 Å². The van der Waals surface area contributed by atoms with E-state index in [-0.39, 0.29) is 6.54 Å². The molecule has 0 radical (unpaired) electrons. The highest BCUT2D eigenvalue weighted by Crippen LogP contribution is 2.36. The first kappa shape index (κ1) is 17.6. The van der Waals surface area contributed by atoms with Crippen LogP contribution in [0.1, 0.15) is 12.0 Å². The van der Waals surface area contributed by atoms with Crippen molar-refractivity contribution in [3.8, 4) is 0 Å². The van der Waals surface area contributed by atoms with Crippen LogP contribution in [0, 0.1) is 0 Å². The number of alkyl halides is 3. The summed E-state index contributed by atoms with van der Waals surface area (Å²) in [7, 11) is -4.13. The molecule has 0 saturated carbocycles. The molecule has 0 spiro atoms. The van der Waals surface area contributed by atoms with Crippen molar-refractivity contribution >= 4 is 10.0 Å². The Balaban J connectivity index is 2.02. The third-order valence-electron chi connectivity index (χ3n) is 3.99. The van der Waals surface area contributed by atoms with E-state index in [4.69, 9.17) is 5.73 Å². The zero-order valence-electron chi connectivity index (χ0n) is 13.0. The van der Waals surface area contributed by atoms with E-state index in [9.17, 15) is 21.6 Å². The van der Waals surface area contributed by atoms with Gasteiger partial charge in [0.25, 0.3) is 10.0 Å². The number of dihydropyridines is 1. The van der Waals surface area contributed by atoms with Crippen LogP contribution in [0.15, 0.2) is 64.5 Å². The Bertz CT molecular complexity index is 886. The van der Waals surface area contributed by atoms with Crippen molar-refractivity contribution in [2.75, 3.05) is 13.1 Å². The fraction of sp³-hybridized carbons (Fsp3) is 0.250. The highest BCUT2D eigenvalue weighted by molar-refractivity contribution is 7.89. The summed E-state index contributed by atoms with van der Waals surface area (Å²) in [5.74, 6) is 0. The largest absolute Gasteiger partial charge is 0.416 e. The summed E-state index contributed by atoms with van der Waals surface area (Å²) in [5.41, 5.74) is 6.42. The predicted octanol–water partition coefficient (Wildman–Crippen LogP) is 2.31. The average molecular weight is 371 g/mol. The molecular weight excluding hydrogens is 355 g/mol. The highest BCUT2D eigenvalue weighted by atomic mass is 32.2. The third-order valence-corrected chi connectivity index (χ3v) is 5.74. The number of hydrogen-bond acceptors (Lipinski definition) is 4. The summed E-state index contributed by atoms with van der Waals surface area (Å²) in [6, 6.07) is 3.76. The molecule has 0 atom stereocenters. The van der Waals surface area contributed by atoms with Gasteiger partial charge in [-0.1, -0.05) is 6.07 Å². The van der Waals surface area contributed by atoms with E-state index < -0.39 is 26.7 Å². The van der Waals surface area contributed by atoms with Gasteiger partial charge in [-0.15, -0.1) is 0 Å². The monoisotopic (exact) mass is 371 g/mol. The second-order valence-corrected chi connectivity index (χ2v) is 7.47. The van der Waals surface area contributed by atoms with E-state index in [1.165, 1.54) is 0 Å². The van der Waals surface area contributed by atoms with E-state index in [2.05, 4.69) is 5.32 Å². The Hall–Kier alpha value is -2.26. The smallest absolute Gasteiger partial charge is 0.360 e. The number of sulfonamides is 1. The first-order valence-corrected chi connectivity index (χ1v) is 8.95. The van der Waals surface area contributed by atoms with Gasteiger partial charge in [0.05, 0.1) is 28.4 Å². The van der Waals surface area contributed by atoms with Crippen molar-refractivity contribution < 1.29 is 21.6 Å². The second kappa shape index (κ2) is 6.23. The van der Waals surface area contributed by atoms with E-state index in [0.29, 0.717) is 30.4 Å². The van der Waals surface area contributed by atoms with Crippen LogP contribution in [-0.4, -0.2) is 25.8 Å². The van der Waals surface area contributed by atoms with Gasteiger partial charge in [0, 0.05) is 6.20 Å². The van der Waals surface area contributed by atoms with Crippen LogP contribution in [0.4, 0.5) is 13.2 Å². The predicted molar refractivity (Wildman–Crippen MR) is 86.4 cm³/mol. The summed E-state index contributed by atoms with van der Waals surface area (Å²) < 4.78 is 65.7. The van der Waals surface area contributed by atoms with Gasteiger partial charge in [0.1, 0.15) is 0 Å². The maximum absolute atomic E-state index is 12.9. The maximum Gasteiger partial charge on any atom is 0.416 e. The van der Waals surface area contributed by atoms with Crippen LogP contribution in [0.3, 0.4) is 0 Å². The summed E-state index contributed by atoms with van der Waals surface area (Å²) >= 11 is 0. The fourth-order valence-electron chi connectivity index (χ4n) is 2.81. The number of rotatable bonds is 4. The van der Waals surface area contributed by atoms with Crippen LogP contribution in [0.2, 0.25) is 0 Å². The lowest BCUT2D eigenvalue weighted by molar-refractivity contribution is -0.137. The van der Waals surface area contributed by atoms with E-state index in [1.807, 2.05) is 0 Å². The molecule has 1 aromatic carbocycles. The van der Waals surface area contributed by atoms with Gasteiger partial charge < -0.3 is 11.1 Å². The van der Waals surface area contributed by atoms with Crippen LogP contribution >= 0.6 is 0 Å². The minimum Gasteiger partial charge on any atom is -0.360 e. The summed E-state index contributed by atoms with van der Waals surface area (Å²) in [5, 5.41) is 2.99. The Morgan fingerprint density at radius 3 is 2.72 bits per heavy atom. The standard InChI is InChI=1S/C16H16F3N3O2S/c17-16(18,19)12-3-1-4-13(9-12)25(23,24)22-10-11(6-7-20)15-14(22)5-2-8-21-15/h1-5,8-9,21H,6-7,10,20H2.